The first kappa shape index (κ1) is 11.7. The van der Waals surface area contributed by atoms with Gasteiger partial charge in [0.15, 0.2) is 0 Å². The summed E-state index contributed by atoms with van der Waals surface area (Å²) in [7, 11) is 0. The number of hydrogen-bond donors (Lipinski definition) is 2. The van der Waals surface area contributed by atoms with Crippen molar-refractivity contribution in [3.8, 4) is 0 Å². The molecular formula is C11H16N2O2. The van der Waals surface area contributed by atoms with E-state index in [-0.39, 0.29) is 18.6 Å². The van der Waals surface area contributed by atoms with Crippen LogP contribution in [0, 0.1) is 0 Å². The number of rotatable bonds is 5. The second kappa shape index (κ2) is 6.14. The number of nitrogens with zero attached hydrogens (tertiary/aromatic N) is 1. The van der Waals surface area contributed by atoms with Crippen LogP contribution in [0.25, 0.3) is 0 Å². The Labute approximate surface area is 89.3 Å². The first-order valence-electron chi connectivity index (χ1n) is 5.04. The molecule has 1 amide bonds. The SMILES string of the molecule is CC(NC(=O)CCCO)c1cccnc1. The molecule has 1 aromatic rings. The number of hydrogen-bond acceptors (Lipinski definition) is 3. The quantitative estimate of drug-likeness (QED) is 0.759. The van der Waals surface area contributed by atoms with E-state index in [1.54, 1.807) is 12.4 Å². The Morgan fingerprint density at radius 2 is 2.47 bits per heavy atom. The van der Waals surface area contributed by atoms with Crippen molar-refractivity contribution in [3.63, 3.8) is 0 Å². The Hall–Kier alpha value is -1.42. The van der Waals surface area contributed by atoms with Gasteiger partial charge < -0.3 is 10.4 Å². The van der Waals surface area contributed by atoms with Gasteiger partial charge in [-0.2, -0.15) is 0 Å². The number of carbonyl (C=O) groups excluding carboxylic acids is 1. The standard InChI is InChI=1S/C11H16N2O2/c1-9(10-4-2-6-12-8-10)13-11(15)5-3-7-14/h2,4,6,8-9,14H,3,5,7H2,1H3,(H,13,15). The van der Waals surface area contributed by atoms with Gasteiger partial charge in [-0.25, -0.2) is 0 Å². The summed E-state index contributed by atoms with van der Waals surface area (Å²) in [4.78, 5) is 15.3. The Kier molecular flexibility index (Phi) is 4.77. The van der Waals surface area contributed by atoms with E-state index in [9.17, 15) is 4.79 Å². The highest BCUT2D eigenvalue weighted by atomic mass is 16.3. The van der Waals surface area contributed by atoms with Crippen molar-refractivity contribution in [2.75, 3.05) is 6.61 Å². The minimum absolute atomic E-state index is 0.0371. The van der Waals surface area contributed by atoms with Crippen LogP contribution < -0.4 is 5.32 Å². The van der Waals surface area contributed by atoms with E-state index in [4.69, 9.17) is 5.11 Å². The summed E-state index contributed by atoms with van der Waals surface area (Å²) in [6.07, 6.45) is 4.30. The lowest BCUT2D eigenvalue weighted by molar-refractivity contribution is -0.122. The number of carbonyl (C=O) groups is 1. The van der Waals surface area contributed by atoms with Gasteiger partial charge in [0, 0.05) is 25.4 Å². The molecule has 2 N–H and O–H groups in total. The summed E-state index contributed by atoms with van der Waals surface area (Å²) in [6, 6.07) is 3.72. The molecule has 0 aliphatic carbocycles. The largest absolute Gasteiger partial charge is 0.396 e. The van der Waals surface area contributed by atoms with Gasteiger partial charge in [0.25, 0.3) is 0 Å². The van der Waals surface area contributed by atoms with Crippen molar-refractivity contribution in [3.05, 3.63) is 30.1 Å². The minimum Gasteiger partial charge on any atom is -0.396 e. The van der Waals surface area contributed by atoms with Crippen LogP contribution in [-0.2, 0) is 4.79 Å². The summed E-state index contributed by atoms with van der Waals surface area (Å²) in [5, 5.41) is 11.4. The fraction of sp³-hybridized carbons (Fsp3) is 0.455. The van der Waals surface area contributed by atoms with E-state index < -0.39 is 0 Å². The molecule has 1 unspecified atom stereocenters. The number of nitrogens with one attached hydrogen (secondary N) is 1. The molecule has 0 aromatic carbocycles. The van der Waals surface area contributed by atoms with Gasteiger partial charge in [0.05, 0.1) is 6.04 Å². The lowest BCUT2D eigenvalue weighted by atomic mass is 10.1. The molecule has 1 heterocycles. The van der Waals surface area contributed by atoms with Crippen LogP contribution in [0.3, 0.4) is 0 Å². The lowest BCUT2D eigenvalue weighted by Gasteiger charge is -2.13. The maximum Gasteiger partial charge on any atom is 0.220 e. The van der Waals surface area contributed by atoms with Crippen LogP contribution in [0.1, 0.15) is 31.4 Å². The predicted octanol–water partition coefficient (Wildman–Crippen LogP) is 1.03. The predicted molar refractivity (Wildman–Crippen MR) is 57.1 cm³/mol. The van der Waals surface area contributed by atoms with E-state index in [1.165, 1.54) is 0 Å². The monoisotopic (exact) mass is 208 g/mol. The molecule has 4 nitrogen and oxygen atoms in total. The summed E-state index contributed by atoms with van der Waals surface area (Å²) in [6.45, 7) is 1.96. The molecular weight excluding hydrogens is 192 g/mol. The maximum atomic E-state index is 11.3. The second-order valence-electron chi connectivity index (χ2n) is 3.40. The second-order valence-corrected chi connectivity index (χ2v) is 3.40. The summed E-state index contributed by atoms with van der Waals surface area (Å²) in [5.74, 6) is -0.0413. The van der Waals surface area contributed by atoms with E-state index >= 15 is 0 Å². The molecule has 4 heteroatoms. The molecule has 1 aromatic heterocycles. The van der Waals surface area contributed by atoms with Crippen LogP contribution in [0.15, 0.2) is 24.5 Å². The lowest BCUT2D eigenvalue weighted by Crippen LogP contribution is -2.26. The minimum atomic E-state index is -0.0413. The van der Waals surface area contributed by atoms with Crippen molar-refractivity contribution >= 4 is 5.91 Å². The van der Waals surface area contributed by atoms with E-state index in [1.807, 2.05) is 19.1 Å². The molecule has 0 fully saturated rings. The van der Waals surface area contributed by atoms with E-state index in [0.717, 1.165) is 5.56 Å². The number of aliphatic hydroxyl groups is 1. The third-order valence-electron chi connectivity index (χ3n) is 2.12. The summed E-state index contributed by atoms with van der Waals surface area (Å²) in [5.41, 5.74) is 0.981. The van der Waals surface area contributed by atoms with Crippen molar-refractivity contribution in [2.24, 2.45) is 0 Å². The Morgan fingerprint density at radius 3 is 3.07 bits per heavy atom. The van der Waals surface area contributed by atoms with Crippen LogP contribution in [0.2, 0.25) is 0 Å². The fourth-order valence-electron chi connectivity index (χ4n) is 1.27. The van der Waals surface area contributed by atoms with Gasteiger partial charge in [0.1, 0.15) is 0 Å². The average molecular weight is 208 g/mol. The number of pyridine rings is 1. The molecule has 0 aliphatic heterocycles. The van der Waals surface area contributed by atoms with E-state index in [2.05, 4.69) is 10.3 Å². The van der Waals surface area contributed by atoms with Crippen molar-refractivity contribution in [2.45, 2.75) is 25.8 Å². The Morgan fingerprint density at radius 1 is 1.67 bits per heavy atom. The molecule has 0 radical (unpaired) electrons. The molecule has 1 atom stereocenters. The first-order chi connectivity index (χ1) is 7.24. The maximum absolute atomic E-state index is 11.3. The normalized spacial score (nSPS) is 12.1. The zero-order chi connectivity index (χ0) is 11.1. The summed E-state index contributed by atoms with van der Waals surface area (Å²) < 4.78 is 0. The van der Waals surface area contributed by atoms with Crippen molar-refractivity contribution in [1.82, 2.24) is 10.3 Å². The first-order valence-corrected chi connectivity index (χ1v) is 5.04. The van der Waals surface area contributed by atoms with Crippen molar-refractivity contribution < 1.29 is 9.90 Å². The topological polar surface area (TPSA) is 62.2 Å². The molecule has 0 bridgehead atoms. The zero-order valence-electron chi connectivity index (χ0n) is 8.81. The van der Waals surface area contributed by atoms with Gasteiger partial charge in [-0.1, -0.05) is 6.07 Å². The highest BCUT2D eigenvalue weighted by Gasteiger charge is 2.08. The molecule has 1 rings (SSSR count). The Balaban J connectivity index is 2.42. The number of aromatic nitrogens is 1. The van der Waals surface area contributed by atoms with Crippen LogP contribution in [-0.4, -0.2) is 22.6 Å². The van der Waals surface area contributed by atoms with Gasteiger partial charge in [-0.15, -0.1) is 0 Å². The number of aliphatic hydroxyl groups excluding tert-OH is 1. The van der Waals surface area contributed by atoms with Gasteiger partial charge in [-0.05, 0) is 25.0 Å². The van der Waals surface area contributed by atoms with Gasteiger partial charge in [-0.3, -0.25) is 9.78 Å². The fourth-order valence-corrected chi connectivity index (χ4v) is 1.27. The van der Waals surface area contributed by atoms with Gasteiger partial charge in [0.2, 0.25) is 5.91 Å². The molecule has 0 spiro atoms. The highest BCUT2D eigenvalue weighted by Crippen LogP contribution is 2.09. The molecule has 82 valence electrons. The summed E-state index contributed by atoms with van der Waals surface area (Å²) >= 11 is 0. The average Bonchev–Trinajstić information content (AvgIpc) is 2.27. The van der Waals surface area contributed by atoms with E-state index in [0.29, 0.717) is 12.8 Å². The zero-order valence-corrected chi connectivity index (χ0v) is 8.81. The van der Waals surface area contributed by atoms with Gasteiger partial charge >= 0.3 is 0 Å². The highest BCUT2D eigenvalue weighted by molar-refractivity contribution is 5.76. The Bertz CT molecular complexity index is 301. The molecule has 0 saturated heterocycles. The number of amides is 1. The third-order valence-corrected chi connectivity index (χ3v) is 2.12. The van der Waals surface area contributed by atoms with Crippen LogP contribution in [0.5, 0.6) is 0 Å². The third kappa shape index (κ3) is 4.08. The molecule has 15 heavy (non-hydrogen) atoms. The molecule has 0 aliphatic rings. The molecule has 0 saturated carbocycles. The smallest absolute Gasteiger partial charge is 0.220 e. The van der Waals surface area contributed by atoms with Crippen LogP contribution in [0.4, 0.5) is 0 Å². The van der Waals surface area contributed by atoms with Crippen LogP contribution >= 0.6 is 0 Å². The van der Waals surface area contributed by atoms with Crippen molar-refractivity contribution in [1.29, 1.82) is 0 Å².